The summed E-state index contributed by atoms with van der Waals surface area (Å²) < 4.78 is 5.18. The van der Waals surface area contributed by atoms with Gasteiger partial charge in [0.25, 0.3) is 11.8 Å². The molecule has 1 aliphatic heterocycles. The molecular weight excluding hydrogens is 290 g/mol. The minimum atomic E-state index is -0.298. The van der Waals surface area contributed by atoms with E-state index in [1.165, 1.54) is 4.90 Å². The highest BCUT2D eigenvalue weighted by Crippen LogP contribution is 2.36. The van der Waals surface area contributed by atoms with Gasteiger partial charge in [-0.1, -0.05) is 38.1 Å². The van der Waals surface area contributed by atoms with Gasteiger partial charge in [-0.2, -0.15) is 0 Å². The van der Waals surface area contributed by atoms with Crippen LogP contribution in [0, 0.1) is 5.92 Å². The molecule has 4 heteroatoms. The summed E-state index contributed by atoms with van der Waals surface area (Å²) in [5, 5.41) is 0. The summed E-state index contributed by atoms with van der Waals surface area (Å²) in [6.07, 6.45) is 0. The van der Waals surface area contributed by atoms with Crippen LogP contribution in [0.4, 0.5) is 0 Å². The molecule has 23 heavy (non-hydrogen) atoms. The molecule has 0 aromatic heterocycles. The van der Waals surface area contributed by atoms with Crippen molar-refractivity contribution in [3.8, 4) is 5.75 Å². The fourth-order valence-electron chi connectivity index (χ4n) is 3.09. The van der Waals surface area contributed by atoms with Gasteiger partial charge in [0.1, 0.15) is 5.75 Å². The second-order valence-electron chi connectivity index (χ2n) is 5.99. The fourth-order valence-corrected chi connectivity index (χ4v) is 3.09. The van der Waals surface area contributed by atoms with Gasteiger partial charge in [-0.05, 0) is 35.7 Å². The maximum atomic E-state index is 12.7. The summed E-state index contributed by atoms with van der Waals surface area (Å²) in [7, 11) is 1.61. The lowest BCUT2D eigenvalue weighted by molar-refractivity contribution is 0.0538. The highest BCUT2D eigenvalue weighted by molar-refractivity contribution is 6.21. The smallest absolute Gasteiger partial charge is 0.262 e. The number of fused-ring (bicyclic) bond motifs is 1. The zero-order chi connectivity index (χ0) is 16.6. The summed E-state index contributed by atoms with van der Waals surface area (Å²) in [6, 6.07) is 14.2. The Morgan fingerprint density at radius 2 is 1.39 bits per heavy atom. The number of rotatable bonds is 4. The predicted octanol–water partition coefficient (Wildman–Crippen LogP) is 3.69. The number of imide groups is 1. The first-order valence-electron chi connectivity index (χ1n) is 7.65. The molecular formula is C19H19NO3. The van der Waals surface area contributed by atoms with E-state index in [-0.39, 0.29) is 23.8 Å². The number of hydrogen-bond acceptors (Lipinski definition) is 3. The van der Waals surface area contributed by atoms with E-state index >= 15 is 0 Å². The van der Waals surface area contributed by atoms with Crippen LogP contribution in [0.3, 0.4) is 0 Å². The lowest BCUT2D eigenvalue weighted by atomic mass is 9.94. The minimum absolute atomic E-state index is 0.102. The van der Waals surface area contributed by atoms with Gasteiger partial charge < -0.3 is 4.74 Å². The molecule has 0 saturated heterocycles. The normalized spacial score (nSPS) is 15.0. The molecule has 0 N–H and O–H groups in total. The maximum absolute atomic E-state index is 12.7. The van der Waals surface area contributed by atoms with Crippen LogP contribution in [0.5, 0.6) is 5.75 Å². The van der Waals surface area contributed by atoms with E-state index in [1.807, 2.05) is 38.1 Å². The first-order chi connectivity index (χ1) is 11.0. The minimum Gasteiger partial charge on any atom is -0.497 e. The molecule has 0 radical (unpaired) electrons. The SMILES string of the molecule is COc1ccc(C(C(C)C)N2C(=O)c3ccccc3C2=O)cc1. The van der Waals surface area contributed by atoms with Gasteiger partial charge in [0, 0.05) is 0 Å². The number of carbonyl (C=O) groups is 2. The first-order valence-corrected chi connectivity index (χ1v) is 7.65. The van der Waals surface area contributed by atoms with E-state index in [0.29, 0.717) is 11.1 Å². The van der Waals surface area contributed by atoms with Crippen LogP contribution in [0.2, 0.25) is 0 Å². The van der Waals surface area contributed by atoms with Gasteiger partial charge in [0.05, 0.1) is 24.3 Å². The van der Waals surface area contributed by atoms with Gasteiger partial charge in [-0.25, -0.2) is 0 Å². The Morgan fingerprint density at radius 3 is 1.83 bits per heavy atom. The highest BCUT2D eigenvalue weighted by Gasteiger charge is 2.41. The topological polar surface area (TPSA) is 46.6 Å². The predicted molar refractivity (Wildman–Crippen MR) is 87.5 cm³/mol. The third-order valence-electron chi connectivity index (χ3n) is 4.19. The van der Waals surface area contributed by atoms with Crippen molar-refractivity contribution in [2.24, 2.45) is 5.92 Å². The van der Waals surface area contributed by atoms with Gasteiger partial charge in [-0.15, -0.1) is 0 Å². The number of nitrogens with zero attached hydrogens (tertiary/aromatic N) is 1. The van der Waals surface area contributed by atoms with Crippen molar-refractivity contribution in [2.75, 3.05) is 7.11 Å². The molecule has 1 unspecified atom stereocenters. The van der Waals surface area contributed by atoms with Crippen molar-refractivity contribution in [3.05, 3.63) is 65.2 Å². The second-order valence-corrected chi connectivity index (χ2v) is 5.99. The molecule has 0 bridgehead atoms. The molecule has 1 aliphatic rings. The van der Waals surface area contributed by atoms with E-state index < -0.39 is 0 Å². The van der Waals surface area contributed by atoms with Crippen LogP contribution in [-0.2, 0) is 0 Å². The summed E-state index contributed by atoms with van der Waals surface area (Å²) in [6.45, 7) is 4.02. The van der Waals surface area contributed by atoms with E-state index in [1.54, 1.807) is 31.4 Å². The quantitative estimate of drug-likeness (QED) is 0.809. The second kappa shape index (κ2) is 5.88. The first kappa shape index (κ1) is 15.3. The van der Waals surface area contributed by atoms with Crippen LogP contribution in [0.1, 0.15) is 46.2 Å². The fraction of sp³-hybridized carbons (Fsp3) is 0.263. The van der Waals surface area contributed by atoms with Crippen molar-refractivity contribution in [3.63, 3.8) is 0 Å². The molecule has 4 nitrogen and oxygen atoms in total. The van der Waals surface area contributed by atoms with Crippen LogP contribution in [-0.4, -0.2) is 23.8 Å². The Hall–Kier alpha value is -2.62. The van der Waals surface area contributed by atoms with Crippen LogP contribution < -0.4 is 4.74 Å². The highest BCUT2D eigenvalue weighted by atomic mass is 16.5. The summed E-state index contributed by atoms with van der Waals surface area (Å²) in [5.74, 6) is 0.407. The van der Waals surface area contributed by atoms with Crippen LogP contribution >= 0.6 is 0 Å². The lowest BCUT2D eigenvalue weighted by Crippen LogP contribution is -2.36. The van der Waals surface area contributed by atoms with Gasteiger partial charge in [0.15, 0.2) is 0 Å². The van der Waals surface area contributed by atoms with Crippen molar-refractivity contribution in [1.29, 1.82) is 0 Å². The molecule has 1 atom stereocenters. The van der Waals surface area contributed by atoms with E-state index in [2.05, 4.69) is 0 Å². The summed E-state index contributed by atoms with van der Waals surface area (Å²) >= 11 is 0. The Morgan fingerprint density at radius 1 is 0.870 bits per heavy atom. The van der Waals surface area contributed by atoms with Gasteiger partial charge in [0.2, 0.25) is 0 Å². The monoisotopic (exact) mass is 309 g/mol. The van der Waals surface area contributed by atoms with Crippen molar-refractivity contribution in [1.82, 2.24) is 4.90 Å². The molecule has 118 valence electrons. The van der Waals surface area contributed by atoms with Crippen molar-refractivity contribution < 1.29 is 14.3 Å². The average Bonchev–Trinajstić information content (AvgIpc) is 2.81. The number of carbonyl (C=O) groups excluding carboxylic acids is 2. The number of hydrogen-bond donors (Lipinski definition) is 0. The number of amides is 2. The Bertz CT molecular complexity index is 714. The molecule has 0 saturated carbocycles. The number of methoxy groups -OCH3 is 1. The zero-order valence-corrected chi connectivity index (χ0v) is 13.4. The number of ether oxygens (including phenoxy) is 1. The summed E-state index contributed by atoms with van der Waals surface area (Å²) in [4.78, 5) is 26.8. The van der Waals surface area contributed by atoms with Gasteiger partial charge >= 0.3 is 0 Å². The molecule has 2 aromatic rings. The van der Waals surface area contributed by atoms with Crippen molar-refractivity contribution in [2.45, 2.75) is 19.9 Å². The molecule has 3 rings (SSSR count). The van der Waals surface area contributed by atoms with Gasteiger partial charge in [-0.3, -0.25) is 14.5 Å². The molecule has 0 spiro atoms. The maximum Gasteiger partial charge on any atom is 0.262 e. The molecule has 1 heterocycles. The Balaban J connectivity index is 2.02. The molecule has 0 fully saturated rings. The molecule has 0 aliphatic carbocycles. The average molecular weight is 309 g/mol. The van der Waals surface area contributed by atoms with Crippen molar-refractivity contribution >= 4 is 11.8 Å². The third-order valence-corrected chi connectivity index (χ3v) is 4.19. The standard InChI is InChI=1S/C19H19NO3/c1-12(2)17(13-8-10-14(23-3)11-9-13)20-18(21)15-6-4-5-7-16(15)19(20)22/h4-12,17H,1-3H3. The van der Waals surface area contributed by atoms with E-state index in [9.17, 15) is 9.59 Å². The third kappa shape index (κ3) is 2.50. The Labute approximate surface area is 135 Å². The molecule has 2 aromatic carbocycles. The van der Waals surface area contributed by atoms with E-state index in [4.69, 9.17) is 4.74 Å². The van der Waals surface area contributed by atoms with Crippen LogP contribution in [0.25, 0.3) is 0 Å². The zero-order valence-electron chi connectivity index (χ0n) is 13.4. The van der Waals surface area contributed by atoms with Crippen LogP contribution in [0.15, 0.2) is 48.5 Å². The largest absolute Gasteiger partial charge is 0.497 e. The Kier molecular flexibility index (Phi) is 3.90. The number of benzene rings is 2. The molecule has 2 amide bonds. The van der Waals surface area contributed by atoms with E-state index in [0.717, 1.165) is 11.3 Å². The lowest BCUT2D eigenvalue weighted by Gasteiger charge is -2.30. The summed E-state index contributed by atoms with van der Waals surface area (Å²) in [5.41, 5.74) is 1.89.